The summed E-state index contributed by atoms with van der Waals surface area (Å²) in [4.78, 5) is 51.2. The van der Waals surface area contributed by atoms with Crippen LogP contribution < -0.4 is 26.2 Å². The molecule has 1 atom stereocenters. The van der Waals surface area contributed by atoms with E-state index in [2.05, 4.69) is 10.6 Å². The fourth-order valence-corrected chi connectivity index (χ4v) is 3.72. The van der Waals surface area contributed by atoms with Crippen molar-refractivity contribution in [3.63, 3.8) is 0 Å². The summed E-state index contributed by atoms with van der Waals surface area (Å²) in [7, 11) is 3.11. The summed E-state index contributed by atoms with van der Waals surface area (Å²) in [6, 6.07) is 13.1. The van der Waals surface area contributed by atoms with Gasteiger partial charge < -0.3 is 25.4 Å². The van der Waals surface area contributed by atoms with Crippen molar-refractivity contribution < 1.29 is 19.4 Å². The van der Waals surface area contributed by atoms with Crippen molar-refractivity contribution in [2.45, 2.75) is 32.7 Å². The molecule has 0 aromatic heterocycles. The molecule has 3 aromatic rings. The number of ketones is 1. The van der Waals surface area contributed by atoms with Crippen molar-refractivity contribution in [2.24, 2.45) is 5.92 Å². The van der Waals surface area contributed by atoms with Gasteiger partial charge in [-0.25, -0.2) is 0 Å². The zero-order valence-electron chi connectivity index (χ0n) is 20.8. The molecule has 0 saturated heterocycles. The molecule has 190 valence electrons. The summed E-state index contributed by atoms with van der Waals surface area (Å²) in [6.45, 7) is 4.06. The number of ether oxygens (including phenoxy) is 1. The molecule has 9 nitrogen and oxygen atoms in total. The second-order valence-electron chi connectivity index (χ2n) is 9.03. The molecule has 1 amide bonds. The largest absolute Gasteiger partial charge is 0.505 e. The first-order chi connectivity index (χ1) is 17.1. The van der Waals surface area contributed by atoms with Crippen molar-refractivity contribution in [2.75, 3.05) is 31.3 Å². The topological polar surface area (TPSA) is 125 Å². The van der Waals surface area contributed by atoms with Crippen molar-refractivity contribution in [3.8, 4) is 11.5 Å². The minimum absolute atomic E-state index is 0.0173. The minimum atomic E-state index is -0.771. The molecule has 3 N–H and O–H groups in total. The van der Waals surface area contributed by atoms with Crippen molar-refractivity contribution in [1.29, 1.82) is 0 Å². The highest BCUT2D eigenvalue weighted by Crippen LogP contribution is 2.32. The van der Waals surface area contributed by atoms with Gasteiger partial charge in [-0.3, -0.25) is 19.2 Å². The highest BCUT2D eigenvalue weighted by Gasteiger charge is 2.29. The Balaban J connectivity index is 1.70. The molecule has 0 aliphatic carbocycles. The van der Waals surface area contributed by atoms with E-state index in [1.54, 1.807) is 20.2 Å². The summed E-state index contributed by atoms with van der Waals surface area (Å²) in [5, 5.41) is 16.3. The third-order valence-corrected chi connectivity index (χ3v) is 5.74. The maximum absolute atomic E-state index is 12.9. The van der Waals surface area contributed by atoms with E-state index in [0.717, 1.165) is 5.75 Å². The second-order valence-corrected chi connectivity index (χ2v) is 9.03. The number of amides is 1. The van der Waals surface area contributed by atoms with E-state index < -0.39 is 22.8 Å². The molecule has 0 fully saturated rings. The van der Waals surface area contributed by atoms with E-state index in [0.29, 0.717) is 13.0 Å². The average molecular weight is 494 g/mol. The van der Waals surface area contributed by atoms with Gasteiger partial charge >= 0.3 is 0 Å². The highest BCUT2D eigenvalue weighted by atomic mass is 16.5. The molecule has 0 aliphatic heterocycles. The summed E-state index contributed by atoms with van der Waals surface area (Å²) in [5.74, 6) is -0.296. The smallest absolute Gasteiger partial charge is 0.257 e. The number of hydrogen-bond acceptors (Lipinski definition) is 8. The molecule has 0 spiro atoms. The quantitative estimate of drug-likeness (QED) is 0.199. The van der Waals surface area contributed by atoms with Gasteiger partial charge in [-0.15, -0.1) is 0 Å². The Morgan fingerprint density at radius 1 is 0.972 bits per heavy atom. The zero-order valence-corrected chi connectivity index (χ0v) is 20.8. The number of benzene rings is 2. The van der Waals surface area contributed by atoms with Crippen LogP contribution in [0.15, 0.2) is 58.1 Å². The first-order valence-corrected chi connectivity index (χ1v) is 11.7. The van der Waals surface area contributed by atoms with Crippen LogP contribution in [0.3, 0.4) is 0 Å². The number of carbonyl (C=O) groups is 2. The minimum Gasteiger partial charge on any atom is -0.505 e. The van der Waals surface area contributed by atoms with Crippen molar-refractivity contribution in [1.82, 2.24) is 4.90 Å². The molecule has 0 aliphatic rings. The highest BCUT2D eigenvalue weighted by molar-refractivity contribution is 5.99. The molecule has 0 radical (unpaired) electrons. The van der Waals surface area contributed by atoms with E-state index in [-0.39, 0.29) is 46.5 Å². The molecule has 9 heteroatoms. The molecule has 36 heavy (non-hydrogen) atoms. The third-order valence-electron chi connectivity index (χ3n) is 5.74. The fraction of sp³-hybridized carbons (Fsp3) is 0.333. The van der Waals surface area contributed by atoms with Gasteiger partial charge in [0.1, 0.15) is 17.1 Å². The maximum atomic E-state index is 12.9. The lowest BCUT2D eigenvalue weighted by molar-refractivity contribution is -0.120. The maximum Gasteiger partial charge on any atom is 0.257 e. The summed E-state index contributed by atoms with van der Waals surface area (Å²) >= 11 is 0. The van der Waals surface area contributed by atoms with Crippen LogP contribution in [0.5, 0.6) is 11.5 Å². The molecule has 0 saturated carbocycles. The predicted octanol–water partition coefficient (Wildman–Crippen LogP) is 3.30. The monoisotopic (exact) mass is 493 g/mol. The van der Waals surface area contributed by atoms with E-state index in [1.807, 2.05) is 44.2 Å². The Labute approximate surface area is 209 Å². The number of anilines is 3. The van der Waals surface area contributed by atoms with E-state index in [4.69, 9.17) is 4.74 Å². The zero-order chi connectivity index (χ0) is 26.4. The van der Waals surface area contributed by atoms with Crippen molar-refractivity contribution >= 4 is 28.8 Å². The number of nitrogens with one attached hydrogen (secondary N) is 2. The van der Waals surface area contributed by atoms with Gasteiger partial charge in [-0.05, 0) is 36.6 Å². The number of hydrogen-bond donors (Lipinski definition) is 3. The van der Waals surface area contributed by atoms with Crippen LogP contribution in [0.4, 0.5) is 17.1 Å². The molecule has 0 unspecified atom stereocenters. The molecule has 3 aromatic carbocycles. The van der Waals surface area contributed by atoms with E-state index in [9.17, 15) is 24.3 Å². The Hall–Kier alpha value is -4.14. The average Bonchev–Trinajstić information content (AvgIpc) is 2.86. The van der Waals surface area contributed by atoms with Crippen molar-refractivity contribution in [3.05, 3.63) is 74.5 Å². The number of phenols is 1. The van der Waals surface area contributed by atoms with Gasteiger partial charge in [0.15, 0.2) is 11.5 Å². The second kappa shape index (κ2) is 11.5. The van der Waals surface area contributed by atoms with Crippen LogP contribution in [0.2, 0.25) is 0 Å². The van der Waals surface area contributed by atoms with Crippen LogP contribution in [-0.4, -0.2) is 48.4 Å². The molecular weight excluding hydrogens is 462 g/mol. The SMILES string of the molecule is CC(C)[C@@H](Nc1c(Nc2cccc(C(=O)N(C)C)c2O)c(=O)c1=O)C(=O)CCCOc1ccccc1. The first-order valence-electron chi connectivity index (χ1n) is 11.7. The van der Waals surface area contributed by atoms with Gasteiger partial charge in [0.25, 0.3) is 16.8 Å². The van der Waals surface area contributed by atoms with Gasteiger partial charge in [0.2, 0.25) is 0 Å². The Morgan fingerprint density at radius 3 is 2.28 bits per heavy atom. The lowest BCUT2D eigenvalue weighted by Crippen LogP contribution is -2.43. The molecular formula is C27H31N3O6. The fourth-order valence-electron chi connectivity index (χ4n) is 3.72. The normalized spacial score (nSPS) is 11.8. The number of aromatic hydroxyl groups is 1. The van der Waals surface area contributed by atoms with Crippen LogP contribution in [-0.2, 0) is 4.79 Å². The Kier molecular flexibility index (Phi) is 8.47. The van der Waals surface area contributed by atoms with Gasteiger partial charge in [0, 0.05) is 20.5 Å². The van der Waals surface area contributed by atoms with Crippen LogP contribution in [0.25, 0.3) is 0 Å². The number of phenolic OH excluding ortho intramolecular Hbond substituents is 1. The number of rotatable bonds is 12. The van der Waals surface area contributed by atoms with E-state index >= 15 is 0 Å². The summed E-state index contributed by atoms with van der Waals surface area (Å²) in [5.41, 5.74) is -1.45. The number of para-hydroxylation sites is 2. The summed E-state index contributed by atoms with van der Waals surface area (Å²) < 4.78 is 5.64. The predicted molar refractivity (Wildman–Crippen MR) is 139 cm³/mol. The molecule has 0 heterocycles. The van der Waals surface area contributed by atoms with Gasteiger partial charge in [-0.1, -0.05) is 38.1 Å². The Bertz CT molecular complexity index is 1290. The van der Waals surface area contributed by atoms with Crippen LogP contribution in [0, 0.1) is 5.92 Å². The Morgan fingerprint density at radius 2 is 1.64 bits per heavy atom. The lowest BCUT2D eigenvalue weighted by Gasteiger charge is -2.25. The van der Waals surface area contributed by atoms with Crippen LogP contribution in [0.1, 0.15) is 37.0 Å². The van der Waals surface area contributed by atoms with Crippen LogP contribution >= 0.6 is 0 Å². The van der Waals surface area contributed by atoms with E-state index in [1.165, 1.54) is 17.0 Å². The number of carbonyl (C=O) groups excluding carboxylic acids is 2. The summed E-state index contributed by atoms with van der Waals surface area (Å²) in [6.07, 6.45) is 0.729. The van der Waals surface area contributed by atoms with Gasteiger partial charge in [-0.2, -0.15) is 0 Å². The van der Waals surface area contributed by atoms with Gasteiger partial charge in [0.05, 0.1) is 23.9 Å². The third kappa shape index (κ3) is 5.91. The number of nitrogens with zero attached hydrogens (tertiary/aromatic N) is 1. The lowest BCUT2D eigenvalue weighted by atomic mass is 9.96. The molecule has 3 rings (SSSR count). The molecule has 0 bridgehead atoms. The first kappa shape index (κ1) is 26.5. The number of Topliss-reactive ketones (excluding diaryl/α,β-unsaturated/α-hetero) is 1. The standard InChI is InChI=1S/C27H31N3O6/c1-16(2)21(20(31)14-9-15-36-17-10-6-5-7-11-17)29-23-22(25(33)26(23)34)28-19-13-8-12-18(24(19)32)27(35)30(3)4/h5-8,10-13,16,21,28-29,32H,9,14-15H2,1-4H3/t21-/m1/s1.